The zero-order valence-corrected chi connectivity index (χ0v) is 13.5. The van der Waals surface area contributed by atoms with E-state index < -0.39 is 0 Å². The fraction of sp³-hybridized carbons (Fsp3) is 0.615. The fourth-order valence-corrected chi connectivity index (χ4v) is 3.81. The summed E-state index contributed by atoms with van der Waals surface area (Å²) < 4.78 is 1.06. The number of nitrogens with zero attached hydrogens (tertiary/aromatic N) is 2. The molecule has 3 nitrogen and oxygen atoms in total. The lowest BCUT2D eigenvalue weighted by atomic mass is 10.0. The van der Waals surface area contributed by atoms with Crippen LogP contribution in [0.25, 0.3) is 0 Å². The highest BCUT2D eigenvalue weighted by Crippen LogP contribution is 2.29. The second kappa shape index (κ2) is 5.72. The molecule has 0 atom stereocenters. The largest absolute Gasteiger partial charge is 0.338 e. The Morgan fingerprint density at radius 3 is 2.50 bits per heavy atom. The number of halogens is 1. The Kier molecular flexibility index (Phi) is 4.45. The molecule has 1 saturated heterocycles. The predicted octanol–water partition coefficient (Wildman–Crippen LogP) is 2.99. The molecule has 1 aliphatic rings. The van der Waals surface area contributed by atoms with Crippen molar-refractivity contribution in [2.45, 2.75) is 25.8 Å². The summed E-state index contributed by atoms with van der Waals surface area (Å²) in [7, 11) is 4.23. The van der Waals surface area contributed by atoms with Gasteiger partial charge in [-0.25, -0.2) is 0 Å². The smallest absolute Gasteiger partial charge is 0.263 e. The van der Waals surface area contributed by atoms with Gasteiger partial charge in [0, 0.05) is 19.1 Å². The first-order chi connectivity index (χ1) is 8.49. The summed E-state index contributed by atoms with van der Waals surface area (Å²) >= 11 is 5.02. The molecule has 0 bridgehead atoms. The van der Waals surface area contributed by atoms with Crippen molar-refractivity contribution in [1.29, 1.82) is 0 Å². The lowest BCUT2D eigenvalue weighted by Gasteiger charge is -2.35. The number of likely N-dealkylation sites (tertiary alicyclic amines) is 1. The van der Waals surface area contributed by atoms with E-state index >= 15 is 0 Å². The van der Waals surface area contributed by atoms with Crippen molar-refractivity contribution in [3.05, 3.63) is 20.3 Å². The summed E-state index contributed by atoms with van der Waals surface area (Å²) in [5.74, 6) is 0.186. The van der Waals surface area contributed by atoms with Crippen LogP contribution in [0, 0.1) is 6.92 Å². The molecule has 18 heavy (non-hydrogen) atoms. The SMILES string of the molecule is Cc1cc(C(=O)N2CCC(N(C)C)CC2)sc1Br. The summed E-state index contributed by atoms with van der Waals surface area (Å²) in [6.07, 6.45) is 2.15. The molecule has 1 aromatic rings. The van der Waals surface area contributed by atoms with Crippen molar-refractivity contribution in [2.24, 2.45) is 0 Å². The van der Waals surface area contributed by atoms with Gasteiger partial charge in [-0.1, -0.05) is 0 Å². The number of thiophene rings is 1. The molecule has 1 amide bonds. The highest BCUT2D eigenvalue weighted by Gasteiger charge is 2.25. The summed E-state index contributed by atoms with van der Waals surface area (Å²) in [5, 5.41) is 0. The van der Waals surface area contributed by atoms with Gasteiger partial charge in [-0.15, -0.1) is 11.3 Å². The highest BCUT2D eigenvalue weighted by atomic mass is 79.9. The molecule has 2 heterocycles. The first kappa shape index (κ1) is 14.0. The van der Waals surface area contributed by atoms with E-state index in [0.29, 0.717) is 6.04 Å². The number of carbonyl (C=O) groups is 1. The van der Waals surface area contributed by atoms with Crippen LogP contribution in [0.2, 0.25) is 0 Å². The van der Waals surface area contributed by atoms with Crippen molar-refractivity contribution >= 4 is 33.2 Å². The molecule has 0 radical (unpaired) electrons. The first-order valence-electron chi connectivity index (χ1n) is 6.20. The number of carbonyl (C=O) groups excluding carboxylic acids is 1. The van der Waals surface area contributed by atoms with Crippen LogP contribution in [0.1, 0.15) is 28.1 Å². The molecular formula is C13H19BrN2OS. The van der Waals surface area contributed by atoms with Crippen molar-refractivity contribution in [3.8, 4) is 0 Å². The molecule has 2 rings (SSSR count). The third kappa shape index (κ3) is 2.95. The van der Waals surface area contributed by atoms with Crippen LogP contribution in [0.4, 0.5) is 0 Å². The Bertz CT molecular complexity index is 417. The maximum atomic E-state index is 12.3. The third-order valence-electron chi connectivity index (χ3n) is 3.55. The number of piperidine rings is 1. The molecule has 100 valence electrons. The Hall–Kier alpha value is -0.390. The maximum absolute atomic E-state index is 12.3. The van der Waals surface area contributed by atoms with Crippen molar-refractivity contribution < 1.29 is 4.79 Å². The van der Waals surface area contributed by atoms with Gasteiger partial charge in [-0.05, 0) is 61.4 Å². The van der Waals surface area contributed by atoms with Crippen LogP contribution >= 0.6 is 27.3 Å². The average Bonchev–Trinajstić information content (AvgIpc) is 2.69. The van der Waals surface area contributed by atoms with Crippen LogP contribution in [-0.4, -0.2) is 48.9 Å². The molecule has 0 aliphatic carbocycles. The van der Waals surface area contributed by atoms with E-state index in [2.05, 4.69) is 34.9 Å². The number of hydrogen-bond acceptors (Lipinski definition) is 3. The van der Waals surface area contributed by atoms with Crippen LogP contribution in [0.5, 0.6) is 0 Å². The van der Waals surface area contributed by atoms with Crippen LogP contribution in [-0.2, 0) is 0 Å². The van der Waals surface area contributed by atoms with Gasteiger partial charge in [0.05, 0.1) is 8.66 Å². The van der Waals surface area contributed by atoms with Gasteiger partial charge in [0.25, 0.3) is 5.91 Å². The lowest BCUT2D eigenvalue weighted by Crippen LogP contribution is -2.44. The lowest BCUT2D eigenvalue weighted by molar-refractivity contribution is 0.0668. The van der Waals surface area contributed by atoms with Crippen molar-refractivity contribution in [3.63, 3.8) is 0 Å². The Labute approximate surface area is 121 Å². The van der Waals surface area contributed by atoms with Gasteiger partial charge in [0.15, 0.2) is 0 Å². The number of hydrogen-bond donors (Lipinski definition) is 0. The summed E-state index contributed by atoms with van der Waals surface area (Å²) in [5.41, 5.74) is 1.14. The third-order valence-corrected chi connectivity index (χ3v) is 5.67. The molecule has 1 aliphatic heterocycles. The normalized spacial score (nSPS) is 17.5. The topological polar surface area (TPSA) is 23.6 Å². The van der Waals surface area contributed by atoms with Crippen molar-refractivity contribution in [1.82, 2.24) is 9.80 Å². The van der Waals surface area contributed by atoms with Crippen molar-refractivity contribution in [2.75, 3.05) is 27.2 Å². The number of rotatable bonds is 2. The summed E-state index contributed by atoms with van der Waals surface area (Å²) in [6.45, 7) is 3.77. The van der Waals surface area contributed by atoms with E-state index in [1.807, 2.05) is 17.9 Å². The number of amides is 1. The van der Waals surface area contributed by atoms with E-state index in [1.165, 1.54) is 11.3 Å². The monoisotopic (exact) mass is 330 g/mol. The molecule has 1 fully saturated rings. The molecule has 0 N–H and O–H groups in total. The first-order valence-corrected chi connectivity index (χ1v) is 7.81. The second-order valence-corrected chi connectivity index (χ2v) is 7.42. The van der Waals surface area contributed by atoms with E-state index in [1.54, 1.807) is 0 Å². The minimum Gasteiger partial charge on any atom is -0.338 e. The molecule has 1 aromatic heterocycles. The van der Waals surface area contributed by atoms with Crippen LogP contribution < -0.4 is 0 Å². The Morgan fingerprint density at radius 2 is 2.06 bits per heavy atom. The Balaban J connectivity index is 1.99. The molecule has 0 aromatic carbocycles. The van der Waals surface area contributed by atoms with E-state index in [4.69, 9.17) is 0 Å². The van der Waals surface area contributed by atoms with Crippen LogP contribution in [0.15, 0.2) is 9.85 Å². The fourth-order valence-electron chi connectivity index (χ4n) is 2.31. The van der Waals surface area contributed by atoms with Gasteiger partial charge in [-0.3, -0.25) is 4.79 Å². The van der Waals surface area contributed by atoms with Crippen LogP contribution in [0.3, 0.4) is 0 Å². The molecular weight excluding hydrogens is 312 g/mol. The standard InChI is InChI=1S/C13H19BrN2OS/c1-9-8-11(18-12(9)14)13(17)16-6-4-10(5-7-16)15(2)3/h8,10H,4-7H2,1-3H3. The minimum atomic E-state index is 0.186. The summed E-state index contributed by atoms with van der Waals surface area (Å²) in [6, 6.07) is 2.60. The second-order valence-electron chi connectivity index (χ2n) is 5.05. The highest BCUT2D eigenvalue weighted by molar-refractivity contribution is 9.11. The van der Waals surface area contributed by atoms with E-state index in [0.717, 1.165) is 40.2 Å². The molecule has 0 unspecified atom stereocenters. The van der Waals surface area contributed by atoms with Gasteiger partial charge >= 0.3 is 0 Å². The van der Waals surface area contributed by atoms with Gasteiger partial charge in [0.2, 0.25) is 0 Å². The molecule has 0 spiro atoms. The number of aryl methyl sites for hydroxylation is 1. The Morgan fingerprint density at radius 1 is 1.44 bits per heavy atom. The van der Waals surface area contributed by atoms with Gasteiger partial charge in [0.1, 0.15) is 0 Å². The van der Waals surface area contributed by atoms with Gasteiger partial charge < -0.3 is 9.80 Å². The quantitative estimate of drug-likeness (QED) is 0.832. The average molecular weight is 331 g/mol. The zero-order chi connectivity index (χ0) is 13.3. The van der Waals surface area contributed by atoms with Gasteiger partial charge in [-0.2, -0.15) is 0 Å². The minimum absolute atomic E-state index is 0.186. The summed E-state index contributed by atoms with van der Waals surface area (Å²) in [4.78, 5) is 17.4. The molecule has 5 heteroatoms. The molecule has 0 saturated carbocycles. The van der Waals surface area contributed by atoms with E-state index in [-0.39, 0.29) is 5.91 Å². The van der Waals surface area contributed by atoms with E-state index in [9.17, 15) is 4.79 Å². The predicted molar refractivity (Wildman–Crippen MR) is 79.4 cm³/mol. The maximum Gasteiger partial charge on any atom is 0.263 e. The zero-order valence-electron chi connectivity index (χ0n) is 11.1.